The van der Waals surface area contributed by atoms with Crippen molar-refractivity contribution in [3.63, 3.8) is 0 Å². The molecule has 4 rings (SSSR count). The Kier molecular flexibility index (Phi) is 7.21. The third-order valence-electron chi connectivity index (χ3n) is 5.54. The molecule has 3 nitrogen and oxygen atoms in total. The van der Waals surface area contributed by atoms with E-state index in [0.717, 1.165) is 22.9 Å². The minimum atomic E-state index is -0.0482. The summed E-state index contributed by atoms with van der Waals surface area (Å²) in [6.45, 7) is 8.64. The number of nitrogens with two attached hydrogens (primary N) is 2. The number of aryl methyl sites for hydroxylation is 2. The van der Waals surface area contributed by atoms with Crippen LogP contribution < -0.4 is 16.2 Å². The van der Waals surface area contributed by atoms with E-state index in [4.69, 9.17) is 16.2 Å². The highest BCUT2D eigenvalue weighted by atomic mass is 16.5. The van der Waals surface area contributed by atoms with E-state index in [1.165, 1.54) is 22.3 Å². The third-order valence-corrected chi connectivity index (χ3v) is 5.54. The van der Waals surface area contributed by atoms with Gasteiger partial charge in [-0.15, -0.1) is 0 Å². The molecule has 0 unspecified atom stereocenters. The number of hydrogen-bond acceptors (Lipinski definition) is 3. The van der Waals surface area contributed by atoms with E-state index in [2.05, 4.69) is 57.2 Å². The zero-order valence-electron chi connectivity index (χ0n) is 19.3. The molecular formula is C29H32N2O. The smallest absolute Gasteiger partial charge is 0.127 e. The molecule has 0 heterocycles. The summed E-state index contributed by atoms with van der Waals surface area (Å²) >= 11 is 0. The topological polar surface area (TPSA) is 61.3 Å². The minimum absolute atomic E-state index is 0.0482. The average Bonchev–Trinajstić information content (AvgIpc) is 2.78. The van der Waals surface area contributed by atoms with Crippen LogP contribution in [0.1, 0.15) is 36.1 Å². The highest BCUT2D eigenvalue weighted by Gasteiger charge is 2.22. The van der Waals surface area contributed by atoms with Crippen LogP contribution in [-0.4, -0.2) is 0 Å². The van der Waals surface area contributed by atoms with Crippen LogP contribution in [0.15, 0.2) is 97.1 Å². The molecule has 3 heteroatoms. The van der Waals surface area contributed by atoms with Crippen molar-refractivity contribution in [2.45, 2.75) is 33.1 Å². The molecule has 4 aromatic rings. The molecule has 0 saturated heterocycles. The third kappa shape index (κ3) is 6.14. The van der Waals surface area contributed by atoms with Gasteiger partial charge in [-0.05, 0) is 73.5 Å². The summed E-state index contributed by atoms with van der Waals surface area (Å²) in [5.41, 5.74) is 17.7. The number of benzene rings is 4. The zero-order valence-corrected chi connectivity index (χ0v) is 19.3. The summed E-state index contributed by atoms with van der Waals surface area (Å²) in [7, 11) is 0. The van der Waals surface area contributed by atoms with Crippen LogP contribution in [-0.2, 0) is 5.41 Å². The van der Waals surface area contributed by atoms with Gasteiger partial charge in [0, 0.05) is 16.8 Å². The van der Waals surface area contributed by atoms with Crippen LogP contribution in [0.2, 0.25) is 0 Å². The van der Waals surface area contributed by atoms with Crippen molar-refractivity contribution in [3.8, 4) is 11.5 Å². The summed E-state index contributed by atoms with van der Waals surface area (Å²) in [5, 5.41) is 0. The zero-order chi connectivity index (χ0) is 23.1. The maximum atomic E-state index is 5.87. The molecule has 0 saturated carbocycles. The van der Waals surface area contributed by atoms with Crippen molar-refractivity contribution >= 4 is 11.4 Å². The maximum absolute atomic E-state index is 5.87. The lowest BCUT2D eigenvalue weighted by Gasteiger charge is -2.26. The molecule has 0 amide bonds. The SMILES string of the molecule is Cc1ccc(C(C)(C)c2ccc(Oc3ccc(N)cc3)cc2)cc1.Cc1ccc(N)cc1. The standard InChI is InChI=1S/C22H23NO.C7H9N/c1-16-4-6-17(7-5-16)22(2,3)18-8-12-20(13-9-18)24-21-14-10-19(23)11-15-21;1-6-2-4-7(8)5-3-6/h4-15H,23H2,1-3H3;2-5H,8H2,1H3. The quantitative estimate of drug-likeness (QED) is 0.339. The van der Waals surface area contributed by atoms with Crippen LogP contribution in [0.5, 0.6) is 11.5 Å². The second-order valence-corrected chi connectivity index (χ2v) is 8.60. The fraction of sp³-hybridized carbons (Fsp3) is 0.172. The van der Waals surface area contributed by atoms with Crippen molar-refractivity contribution in [2.24, 2.45) is 0 Å². The largest absolute Gasteiger partial charge is 0.457 e. The van der Waals surface area contributed by atoms with E-state index in [9.17, 15) is 0 Å². The maximum Gasteiger partial charge on any atom is 0.127 e. The summed E-state index contributed by atoms with van der Waals surface area (Å²) in [4.78, 5) is 0. The summed E-state index contributed by atoms with van der Waals surface area (Å²) in [6, 6.07) is 32.2. The molecule has 32 heavy (non-hydrogen) atoms. The predicted octanol–water partition coefficient (Wildman–Crippen LogP) is 7.27. The van der Waals surface area contributed by atoms with Crippen molar-refractivity contribution in [2.75, 3.05) is 11.5 Å². The van der Waals surface area contributed by atoms with Crippen LogP contribution in [0.25, 0.3) is 0 Å². The fourth-order valence-corrected chi connectivity index (χ4v) is 3.31. The molecule has 164 valence electrons. The molecule has 0 atom stereocenters. The van der Waals surface area contributed by atoms with Gasteiger partial charge in [0.1, 0.15) is 11.5 Å². The van der Waals surface area contributed by atoms with Crippen molar-refractivity contribution < 1.29 is 4.74 Å². The van der Waals surface area contributed by atoms with E-state index in [1.807, 2.05) is 67.6 Å². The normalized spacial score (nSPS) is 10.8. The number of anilines is 2. The van der Waals surface area contributed by atoms with Crippen molar-refractivity contribution in [1.82, 2.24) is 0 Å². The molecule has 0 aromatic heterocycles. The van der Waals surface area contributed by atoms with Gasteiger partial charge in [0.2, 0.25) is 0 Å². The van der Waals surface area contributed by atoms with Gasteiger partial charge in [-0.25, -0.2) is 0 Å². The number of rotatable bonds is 4. The lowest BCUT2D eigenvalue weighted by Crippen LogP contribution is -2.18. The fourth-order valence-electron chi connectivity index (χ4n) is 3.31. The van der Waals surface area contributed by atoms with Gasteiger partial charge in [0.15, 0.2) is 0 Å². The Balaban J connectivity index is 0.000000305. The number of hydrogen-bond donors (Lipinski definition) is 2. The van der Waals surface area contributed by atoms with E-state index in [-0.39, 0.29) is 5.41 Å². The number of ether oxygens (including phenoxy) is 1. The van der Waals surface area contributed by atoms with Gasteiger partial charge in [0.05, 0.1) is 0 Å². The summed E-state index contributed by atoms with van der Waals surface area (Å²) in [6.07, 6.45) is 0. The highest BCUT2D eigenvalue weighted by molar-refractivity contribution is 5.45. The Hall–Kier alpha value is -3.72. The molecular weight excluding hydrogens is 392 g/mol. The molecule has 0 fully saturated rings. The summed E-state index contributed by atoms with van der Waals surface area (Å²) in [5.74, 6) is 1.61. The number of nitrogen functional groups attached to an aromatic ring is 2. The average molecular weight is 425 g/mol. The first-order valence-corrected chi connectivity index (χ1v) is 10.8. The predicted molar refractivity (Wildman–Crippen MR) is 136 cm³/mol. The molecule has 0 aliphatic carbocycles. The van der Waals surface area contributed by atoms with Crippen LogP contribution in [0.3, 0.4) is 0 Å². The highest BCUT2D eigenvalue weighted by Crippen LogP contribution is 2.33. The van der Waals surface area contributed by atoms with Crippen LogP contribution in [0.4, 0.5) is 11.4 Å². The van der Waals surface area contributed by atoms with Gasteiger partial charge in [-0.2, -0.15) is 0 Å². The second kappa shape index (κ2) is 10.1. The van der Waals surface area contributed by atoms with E-state index >= 15 is 0 Å². The van der Waals surface area contributed by atoms with Crippen LogP contribution >= 0.6 is 0 Å². The molecule has 0 aliphatic heterocycles. The monoisotopic (exact) mass is 424 g/mol. The van der Waals surface area contributed by atoms with Gasteiger partial charge < -0.3 is 16.2 Å². The van der Waals surface area contributed by atoms with E-state index in [1.54, 1.807) is 0 Å². The first kappa shape index (κ1) is 23.0. The molecule has 0 aliphatic rings. The minimum Gasteiger partial charge on any atom is -0.457 e. The van der Waals surface area contributed by atoms with Gasteiger partial charge in [0.25, 0.3) is 0 Å². The lowest BCUT2D eigenvalue weighted by molar-refractivity contribution is 0.482. The first-order chi connectivity index (χ1) is 15.2. The summed E-state index contributed by atoms with van der Waals surface area (Å²) < 4.78 is 5.87. The van der Waals surface area contributed by atoms with Gasteiger partial charge >= 0.3 is 0 Å². The Morgan fingerprint density at radius 2 is 0.812 bits per heavy atom. The molecule has 0 radical (unpaired) electrons. The molecule has 4 N–H and O–H groups in total. The van der Waals surface area contributed by atoms with Crippen LogP contribution in [0, 0.1) is 13.8 Å². The Labute approximate surface area is 191 Å². The van der Waals surface area contributed by atoms with Crippen molar-refractivity contribution in [1.29, 1.82) is 0 Å². The second-order valence-electron chi connectivity index (χ2n) is 8.60. The van der Waals surface area contributed by atoms with E-state index < -0.39 is 0 Å². The first-order valence-electron chi connectivity index (χ1n) is 10.8. The van der Waals surface area contributed by atoms with Gasteiger partial charge in [-0.3, -0.25) is 0 Å². The Morgan fingerprint density at radius 1 is 0.500 bits per heavy atom. The Bertz CT molecular complexity index is 1090. The van der Waals surface area contributed by atoms with Gasteiger partial charge in [-0.1, -0.05) is 73.5 Å². The van der Waals surface area contributed by atoms with Crippen molar-refractivity contribution in [3.05, 3.63) is 119 Å². The molecule has 4 aromatic carbocycles. The van der Waals surface area contributed by atoms with E-state index in [0.29, 0.717) is 0 Å². The molecule has 0 bridgehead atoms. The Morgan fingerprint density at radius 3 is 1.22 bits per heavy atom. The lowest BCUT2D eigenvalue weighted by atomic mass is 9.78. The molecule has 0 spiro atoms.